The molecule has 6 atom stereocenters. The molecule has 2 aromatic carbocycles. The van der Waals surface area contributed by atoms with E-state index in [0.717, 1.165) is 154 Å². The van der Waals surface area contributed by atoms with Crippen molar-refractivity contribution in [3.63, 3.8) is 0 Å². The Labute approximate surface area is 592 Å². The number of ether oxygens (including phenoxy) is 8. The van der Waals surface area contributed by atoms with Crippen LogP contribution in [-0.4, -0.2) is 113 Å². The zero-order valence-electron chi connectivity index (χ0n) is 55.5. The summed E-state index contributed by atoms with van der Waals surface area (Å²) in [5.41, 5.74) is 5.01. The van der Waals surface area contributed by atoms with Crippen LogP contribution in [0, 0.1) is 0 Å². The van der Waals surface area contributed by atoms with Gasteiger partial charge in [0, 0.05) is 25.2 Å². The first-order valence-corrected chi connectivity index (χ1v) is 36.0. The van der Waals surface area contributed by atoms with Crippen molar-refractivity contribution in [2.45, 2.75) is 267 Å². The zero-order chi connectivity index (χ0) is 62.1. The van der Waals surface area contributed by atoms with E-state index in [0.29, 0.717) is 83.9 Å². The monoisotopic (exact) mass is 1330 g/mol. The van der Waals surface area contributed by atoms with Gasteiger partial charge in [0.25, 0.3) is 0 Å². The van der Waals surface area contributed by atoms with Gasteiger partial charge in [-0.15, -0.1) is 6.61 Å². The Morgan fingerprint density at radius 3 is 1.00 bits per heavy atom. The van der Waals surface area contributed by atoms with E-state index in [1.54, 1.807) is 0 Å². The summed E-state index contributed by atoms with van der Waals surface area (Å²) in [6.07, 6.45) is 65.1. The molecule has 1 fully saturated rings. The molecule has 498 valence electrons. The van der Waals surface area contributed by atoms with Crippen LogP contribution in [0.15, 0.2) is 121 Å². The number of allylic oxidation sites excluding steroid dienone is 12. The average Bonchev–Trinajstić information content (AvgIpc) is 4.15. The quantitative estimate of drug-likeness (QED) is 0.0504. The van der Waals surface area contributed by atoms with Gasteiger partial charge < -0.3 is 53.2 Å². The van der Waals surface area contributed by atoms with Crippen molar-refractivity contribution < 1.29 is 105 Å². The topological polar surface area (TPSA) is 137 Å². The number of alkyl halides is 1. The molecule has 0 saturated carbocycles. The summed E-state index contributed by atoms with van der Waals surface area (Å²) in [5, 5.41) is 29.4. The van der Waals surface area contributed by atoms with Gasteiger partial charge in [-0.25, -0.2) is 0 Å². The maximum atomic E-state index is 10.1. The van der Waals surface area contributed by atoms with Gasteiger partial charge in [0.15, 0.2) is 0 Å². The second-order valence-electron chi connectivity index (χ2n) is 24.1. The number of hydrogen-bond acceptors (Lipinski definition) is 11. The third kappa shape index (κ3) is 48.0. The van der Waals surface area contributed by atoms with Gasteiger partial charge in [0.2, 0.25) is 0 Å². The number of hydrogen-bond donors (Lipinski definition) is 2. The largest absolute Gasteiger partial charge is 1.00 e. The molecule has 6 aliphatic carbocycles. The summed E-state index contributed by atoms with van der Waals surface area (Å²) in [4.78, 5) is 0. The van der Waals surface area contributed by atoms with Crippen LogP contribution in [0.2, 0.25) is 0 Å². The molecule has 0 bridgehead atoms. The zero-order valence-corrected chi connectivity index (χ0v) is 60.2. The van der Waals surface area contributed by atoms with E-state index in [2.05, 4.69) is 137 Å². The van der Waals surface area contributed by atoms with E-state index in [-0.39, 0.29) is 70.2 Å². The van der Waals surface area contributed by atoms with Crippen molar-refractivity contribution in [3.05, 3.63) is 144 Å². The maximum Gasteiger partial charge on any atom is 1.00 e. The Kier molecular flexibility index (Phi) is 55.4. The molecule has 89 heavy (non-hydrogen) atoms. The Balaban J connectivity index is 0.000000307. The minimum absolute atomic E-state index is 0. The van der Waals surface area contributed by atoms with E-state index in [9.17, 15) is 15.3 Å². The van der Waals surface area contributed by atoms with E-state index in [1.165, 1.54) is 99.3 Å². The molecule has 1 saturated heterocycles. The van der Waals surface area contributed by atoms with E-state index in [4.69, 9.17) is 37.9 Å². The molecule has 2 aromatic rings. The Hall–Kier alpha value is -1.44. The maximum absolute atomic E-state index is 10.1. The third-order valence-electron chi connectivity index (χ3n) is 16.4. The second kappa shape index (κ2) is 60.2. The number of aliphatic hydroxyl groups excluding tert-OH is 2. The van der Waals surface area contributed by atoms with Crippen LogP contribution in [0.1, 0.15) is 228 Å². The van der Waals surface area contributed by atoms with Crippen molar-refractivity contribution in [2.24, 2.45) is 0 Å². The third-order valence-corrected chi connectivity index (χ3v) is 17.0. The standard InChI is InChI=1S/C28H42O4.C16H21BrO.C12H21O3.2C8H14O.C4H8O.K/c1-3-7-11-27(12-8-4-1)31-22-21-29-19-20-30-23-25-15-17-26(18-16-25)24-32-28-13-9-5-2-6-10-14-28;17-12-14-8-10-15(11-9-14)13-18-16-6-4-2-1-3-5-7-16;13-8-9-14-10-11-15-12-6-4-2-1-3-5-7-12;2*9-8-6-4-2-1-3-5-7-8;1-2-4-5-3-1;/h1-3,5,15-18,27-28H,4,6-14,19-24H2;1-2,8-11,16H,3-7,12-13H2;1-2,12H,3-11H2;2*1-2,8-9H,3-7H2;1-4H2;/q;;-1;;;;+1/b3-1-,5-2-;4*2-1-;;. The smallest absolute Gasteiger partial charge is 0.853 e. The normalized spacial score (nSPS) is 25.3. The van der Waals surface area contributed by atoms with E-state index in [1.807, 2.05) is 0 Å². The minimum atomic E-state index is -0.159. The van der Waals surface area contributed by atoms with Crippen molar-refractivity contribution in [1.82, 2.24) is 0 Å². The van der Waals surface area contributed by atoms with Crippen LogP contribution in [-0.2, 0) is 63.0 Å². The van der Waals surface area contributed by atoms with Crippen molar-refractivity contribution in [3.8, 4) is 0 Å². The summed E-state index contributed by atoms with van der Waals surface area (Å²) in [5.74, 6) is 0. The molecule has 0 aromatic heterocycles. The average molecular weight is 1330 g/mol. The summed E-state index contributed by atoms with van der Waals surface area (Å²) >= 11 is 3.46. The molecule has 2 N–H and O–H groups in total. The predicted octanol–water partition coefficient (Wildman–Crippen LogP) is 14.3. The first-order valence-electron chi connectivity index (χ1n) is 34.8. The molecule has 1 aliphatic heterocycles. The molecule has 7 aliphatic rings. The van der Waals surface area contributed by atoms with Gasteiger partial charge in [0.1, 0.15) is 0 Å². The molecule has 0 amide bonds. The first-order chi connectivity index (χ1) is 43.5. The van der Waals surface area contributed by atoms with Crippen molar-refractivity contribution >= 4 is 15.9 Å². The first kappa shape index (κ1) is 81.8. The van der Waals surface area contributed by atoms with Crippen LogP contribution in [0.4, 0.5) is 0 Å². The minimum Gasteiger partial charge on any atom is -0.853 e. The summed E-state index contributed by atoms with van der Waals surface area (Å²) in [6.45, 7) is 7.91. The fourth-order valence-corrected chi connectivity index (χ4v) is 11.3. The Morgan fingerprint density at radius 2 is 0.640 bits per heavy atom. The molecule has 6 unspecified atom stereocenters. The molecule has 0 radical (unpaired) electrons. The Morgan fingerprint density at radius 1 is 0.337 bits per heavy atom. The summed E-state index contributed by atoms with van der Waals surface area (Å²) < 4.78 is 45.3. The predicted molar refractivity (Wildman–Crippen MR) is 364 cm³/mol. The van der Waals surface area contributed by atoms with E-state index >= 15 is 0 Å². The second-order valence-corrected chi connectivity index (χ2v) is 24.7. The Bertz CT molecular complexity index is 2030. The number of halogens is 1. The number of aliphatic hydroxyl groups is 2. The van der Waals surface area contributed by atoms with Gasteiger partial charge in [-0.1, -0.05) is 137 Å². The van der Waals surface area contributed by atoms with Crippen LogP contribution in [0.5, 0.6) is 0 Å². The summed E-state index contributed by atoms with van der Waals surface area (Å²) in [6, 6.07) is 17.2. The van der Waals surface area contributed by atoms with Crippen LogP contribution >= 0.6 is 15.9 Å². The van der Waals surface area contributed by atoms with Crippen LogP contribution < -0.4 is 56.5 Å². The number of rotatable bonds is 22. The summed E-state index contributed by atoms with van der Waals surface area (Å²) in [7, 11) is 0. The van der Waals surface area contributed by atoms with Gasteiger partial charge in [-0.2, -0.15) is 0 Å². The SMILES string of the molecule is BrCc1ccc(COC2CC/C=C\CCC2)cc1.C1=C\CCC(OCCOCCOCc2ccc(COC3CC/C=C\CCC3)cc2)CCC/1.C1CCOC1.OC1CC/C=C\CCC1.OC1CC/C=C\CCC1.[K+].[O-]CCOCCOC1CC/C=C\CCC1. The van der Waals surface area contributed by atoms with Gasteiger partial charge in [-0.3, -0.25) is 0 Å². The van der Waals surface area contributed by atoms with Crippen LogP contribution in [0.3, 0.4) is 0 Å². The van der Waals surface area contributed by atoms with Gasteiger partial charge in [0.05, 0.1) is 96.1 Å². The van der Waals surface area contributed by atoms with Gasteiger partial charge >= 0.3 is 51.4 Å². The van der Waals surface area contributed by atoms with E-state index < -0.39 is 0 Å². The van der Waals surface area contributed by atoms with Crippen LogP contribution in [0.25, 0.3) is 0 Å². The molecule has 0 spiro atoms. The molecule has 1 heterocycles. The fraction of sp³-hybridized carbons (Fsp3) is 0.684. The number of benzene rings is 2. The molecule has 9 rings (SSSR count). The van der Waals surface area contributed by atoms with Gasteiger partial charge in [-0.05, 0) is 228 Å². The fourth-order valence-electron chi connectivity index (χ4n) is 11.0. The van der Waals surface area contributed by atoms with Crippen molar-refractivity contribution in [1.29, 1.82) is 0 Å². The molecular weight excluding hydrogens is 1210 g/mol. The molecular formula is C76H120BrKO11. The molecule has 11 nitrogen and oxygen atoms in total. The van der Waals surface area contributed by atoms with Crippen molar-refractivity contribution in [2.75, 3.05) is 66.1 Å². The molecule has 13 heteroatoms.